The van der Waals surface area contributed by atoms with Gasteiger partial charge < -0.3 is 19.5 Å². The molecule has 0 aliphatic heterocycles. The minimum Gasteiger partial charge on any atom is -0.497 e. The molecule has 33 heavy (non-hydrogen) atoms. The maximum absolute atomic E-state index is 12.9. The molecule has 0 bridgehead atoms. The van der Waals surface area contributed by atoms with Crippen LogP contribution in [0.1, 0.15) is 34.6 Å². The van der Waals surface area contributed by atoms with E-state index in [1.165, 1.54) is 19.2 Å². The molecule has 172 valence electrons. The number of methoxy groups -OCH3 is 2. The van der Waals surface area contributed by atoms with Crippen LogP contribution in [0.4, 0.5) is 10.7 Å². The zero-order chi connectivity index (χ0) is 24.1. The van der Waals surface area contributed by atoms with Crippen molar-refractivity contribution in [3.05, 3.63) is 69.1 Å². The number of hydrogen-bond donors (Lipinski definition) is 1. The van der Waals surface area contributed by atoms with Crippen LogP contribution in [0.15, 0.2) is 47.8 Å². The fourth-order valence-corrected chi connectivity index (χ4v) is 4.01. The summed E-state index contributed by atoms with van der Waals surface area (Å²) in [7, 11) is 2.86. The van der Waals surface area contributed by atoms with Crippen LogP contribution in [0.2, 0.25) is 0 Å². The third kappa shape index (κ3) is 5.29. The Balaban J connectivity index is 1.99. The summed E-state index contributed by atoms with van der Waals surface area (Å²) in [5, 5.41) is 16.0. The van der Waals surface area contributed by atoms with Crippen LogP contribution in [0, 0.1) is 10.1 Å². The number of esters is 1. The maximum Gasteiger partial charge on any atom is 0.342 e. The Morgan fingerprint density at radius 2 is 1.76 bits per heavy atom. The molecule has 1 amide bonds. The van der Waals surface area contributed by atoms with E-state index >= 15 is 0 Å². The summed E-state index contributed by atoms with van der Waals surface area (Å²) in [5.74, 6) is -0.499. The standard InChI is InChI=1S/C23H22N2O7S/c1-13(2)32-23(27)20-17(14-5-8-16(30-3)9-6-14)12-33-22(20)24-21(26)15-7-10-19(31-4)18(11-15)25(28)29/h5-13H,1-4H3,(H,24,26). The molecule has 3 rings (SSSR count). The lowest BCUT2D eigenvalue weighted by atomic mass is 10.0. The number of benzene rings is 2. The lowest BCUT2D eigenvalue weighted by molar-refractivity contribution is -0.385. The highest BCUT2D eigenvalue weighted by Gasteiger charge is 2.25. The number of rotatable bonds is 8. The van der Waals surface area contributed by atoms with Crippen LogP contribution in [0.5, 0.6) is 11.5 Å². The van der Waals surface area contributed by atoms with Gasteiger partial charge >= 0.3 is 11.7 Å². The highest BCUT2D eigenvalue weighted by atomic mass is 32.1. The van der Waals surface area contributed by atoms with E-state index in [0.717, 1.165) is 23.0 Å². The molecule has 1 N–H and O–H groups in total. The second kappa shape index (κ2) is 10.1. The molecule has 0 aliphatic carbocycles. The van der Waals surface area contributed by atoms with Gasteiger partial charge in [0.05, 0.1) is 25.2 Å². The van der Waals surface area contributed by atoms with Gasteiger partial charge in [-0.1, -0.05) is 12.1 Å². The first-order valence-electron chi connectivity index (χ1n) is 9.85. The number of thiophene rings is 1. The van der Waals surface area contributed by atoms with Crippen molar-refractivity contribution in [2.45, 2.75) is 20.0 Å². The van der Waals surface area contributed by atoms with Gasteiger partial charge in [0.15, 0.2) is 5.75 Å². The molecule has 10 heteroatoms. The summed E-state index contributed by atoms with van der Waals surface area (Å²) in [6, 6.07) is 11.0. The Labute approximate surface area is 194 Å². The molecule has 2 aromatic carbocycles. The number of hydrogen-bond acceptors (Lipinski definition) is 8. The van der Waals surface area contributed by atoms with Gasteiger partial charge in [0.25, 0.3) is 5.91 Å². The van der Waals surface area contributed by atoms with Gasteiger partial charge in [-0.05, 0) is 43.7 Å². The molecule has 1 aromatic heterocycles. The number of amides is 1. The topological polar surface area (TPSA) is 117 Å². The lowest BCUT2D eigenvalue weighted by Crippen LogP contribution is -2.17. The largest absolute Gasteiger partial charge is 0.497 e. The number of nitrogens with one attached hydrogen (secondary N) is 1. The zero-order valence-electron chi connectivity index (χ0n) is 18.4. The van der Waals surface area contributed by atoms with Gasteiger partial charge in [-0.3, -0.25) is 14.9 Å². The van der Waals surface area contributed by atoms with Crippen molar-refractivity contribution in [1.29, 1.82) is 0 Å². The van der Waals surface area contributed by atoms with E-state index in [0.29, 0.717) is 11.3 Å². The molecule has 0 saturated carbocycles. The third-order valence-corrected chi connectivity index (χ3v) is 5.50. The molecule has 3 aromatic rings. The van der Waals surface area contributed by atoms with Crippen LogP contribution in [0.25, 0.3) is 11.1 Å². The molecule has 1 heterocycles. The maximum atomic E-state index is 12.9. The summed E-state index contributed by atoms with van der Waals surface area (Å²) in [5.41, 5.74) is 1.24. The van der Waals surface area contributed by atoms with Crippen LogP contribution in [-0.2, 0) is 4.74 Å². The van der Waals surface area contributed by atoms with Crippen LogP contribution in [0.3, 0.4) is 0 Å². The molecule has 9 nitrogen and oxygen atoms in total. The highest BCUT2D eigenvalue weighted by molar-refractivity contribution is 7.15. The normalized spacial score (nSPS) is 10.6. The number of anilines is 1. The molecule has 0 radical (unpaired) electrons. The van der Waals surface area contributed by atoms with Crippen molar-refractivity contribution in [1.82, 2.24) is 0 Å². The molecule has 0 unspecified atom stereocenters. The number of nitro benzene ring substituents is 1. The average molecular weight is 471 g/mol. The number of ether oxygens (including phenoxy) is 3. The van der Waals surface area contributed by atoms with E-state index in [4.69, 9.17) is 14.2 Å². The lowest BCUT2D eigenvalue weighted by Gasteiger charge is -2.12. The van der Waals surface area contributed by atoms with E-state index in [9.17, 15) is 19.7 Å². The van der Waals surface area contributed by atoms with Crippen molar-refractivity contribution in [3.63, 3.8) is 0 Å². The van der Waals surface area contributed by atoms with E-state index in [2.05, 4.69) is 5.32 Å². The minimum absolute atomic E-state index is 0.0377. The Hall–Kier alpha value is -3.92. The molecular weight excluding hydrogens is 448 g/mol. The Kier molecular flexibility index (Phi) is 7.29. The molecule has 0 spiro atoms. The fraction of sp³-hybridized carbons (Fsp3) is 0.217. The molecule has 0 saturated heterocycles. The number of nitrogens with zero attached hydrogens (tertiary/aromatic N) is 1. The molecule has 0 atom stereocenters. The van der Waals surface area contributed by atoms with Gasteiger partial charge in [-0.25, -0.2) is 4.79 Å². The Bertz CT molecular complexity index is 1190. The van der Waals surface area contributed by atoms with Crippen molar-refractivity contribution in [2.75, 3.05) is 19.5 Å². The smallest absolute Gasteiger partial charge is 0.342 e. The van der Waals surface area contributed by atoms with Gasteiger partial charge in [0.1, 0.15) is 16.3 Å². The summed E-state index contributed by atoms with van der Waals surface area (Å²) >= 11 is 1.15. The summed E-state index contributed by atoms with van der Waals surface area (Å²) in [4.78, 5) is 36.4. The first-order valence-corrected chi connectivity index (χ1v) is 10.7. The van der Waals surface area contributed by atoms with Gasteiger partial charge in [-0.15, -0.1) is 11.3 Å². The Morgan fingerprint density at radius 1 is 1.06 bits per heavy atom. The van der Waals surface area contributed by atoms with Crippen LogP contribution >= 0.6 is 11.3 Å². The summed E-state index contributed by atoms with van der Waals surface area (Å²) in [6.45, 7) is 3.46. The van der Waals surface area contributed by atoms with Crippen molar-refractivity contribution in [3.8, 4) is 22.6 Å². The first kappa shape index (κ1) is 23.7. The van der Waals surface area contributed by atoms with Gasteiger partial charge in [0.2, 0.25) is 0 Å². The predicted octanol–water partition coefficient (Wildman–Crippen LogP) is 5.16. The predicted molar refractivity (Wildman–Crippen MR) is 124 cm³/mol. The SMILES string of the molecule is COc1ccc(-c2csc(NC(=O)c3ccc(OC)c([N+](=O)[O-])c3)c2C(=O)OC(C)C)cc1. The second-order valence-corrected chi connectivity index (χ2v) is 8.01. The van der Waals surface area contributed by atoms with E-state index in [1.807, 2.05) is 0 Å². The van der Waals surface area contributed by atoms with Crippen molar-refractivity contribution < 1.29 is 28.7 Å². The minimum atomic E-state index is -0.631. The highest BCUT2D eigenvalue weighted by Crippen LogP contribution is 2.37. The van der Waals surface area contributed by atoms with E-state index in [1.54, 1.807) is 50.6 Å². The second-order valence-electron chi connectivity index (χ2n) is 7.13. The third-order valence-electron chi connectivity index (χ3n) is 4.60. The first-order chi connectivity index (χ1) is 15.7. The number of carbonyl (C=O) groups excluding carboxylic acids is 2. The summed E-state index contributed by atoms with van der Waals surface area (Å²) < 4.78 is 15.6. The number of carbonyl (C=O) groups is 2. The summed E-state index contributed by atoms with van der Waals surface area (Å²) in [6.07, 6.45) is -0.367. The van der Waals surface area contributed by atoms with Gasteiger partial charge in [-0.2, -0.15) is 0 Å². The molecule has 0 fully saturated rings. The van der Waals surface area contributed by atoms with Crippen molar-refractivity contribution in [2.24, 2.45) is 0 Å². The van der Waals surface area contributed by atoms with Crippen LogP contribution in [-0.4, -0.2) is 37.1 Å². The van der Waals surface area contributed by atoms with E-state index < -0.39 is 16.8 Å². The molecule has 0 aliphatic rings. The van der Waals surface area contributed by atoms with Crippen molar-refractivity contribution >= 4 is 33.9 Å². The number of nitro groups is 1. The van der Waals surface area contributed by atoms with E-state index in [-0.39, 0.29) is 33.7 Å². The molecular formula is C23H22N2O7S. The average Bonchev–Trinajstić information content (AvgIpc) is 3.21. The fourth-order valence-electron chi connectivity index (χ4n) is 3.06. The van der Waals surface area contributed by atoms with Gasteiger partial charge in [0, 0.05) is 22.6 Å². The monoisotopic (exact) mass is 470 g/mol. The zero-order valence-corrected chi connectivity index (χ0v) is 19.2. The quantitative estimate of drug-likeness (QED) is 0.275. The Morgan fingerprint density at radius 3 is 2.33 bits per heavy atom. The van der Waals surface area contributed by atoms with Crippen LogP contribution < -0.4 is 14.8 Å².